The summed E-state index contributed by atoms with van der Waals surface area (Å²) < 4.78 is 16.2. The molecule has 1 N–H and O–H groups in total. The van der Waals surface area contributed by atoms with Crippen LogP contribution < -0.4 is 14.4 Å². The lowest BCUT2D eigenvalue weighted by atomic mass is 10.1. The zero-order chi connectivity index (χ0) is 21.4. The molecule has 3 heterocycles. The standard InChI is InChI=1S/C23H22N4O4/c1-29-17-9-16(10-18(11-17)30-2)27-13-15(8-22(27)28)23-25-21(31-26-23)7-14-12-24-20-6-4-3-5-19(14)20/h3-6,9-12,15,24H,7-8,13H2,1-2H3. The van der Waals surface area contributed by atoms with Gasteiger partial charge in [0.2, 0.25) is 11.8 Å². The fraction of sp³-hybridized carbons (Fsp3) is 0.261. The van der Waals surface area contributed by atoms with E-state index in [9.17, 15) is 4.79 Å². The summed E-state index contributed by atoms with van der Waals surface area (Å²) in [6.45, 7) is 0.473. The summed E-state index contributed by atoms with van der Waals surface area (Å²) in [6.07, 6.45) is 2.83. The van der Waals surface area contributed by atoms with Crippen molar-refractivity contribution < 1.29 is 18.8 Å². The molecule has 158 valence electrons. The molecule has 8 heteroatoms. The molecule has 1 saturated heterocycles. The van der Waals surface area contributed by atoms with Gasteiger partial charge in [-0.3, -0.25) is 4.79 Å². The number of ether oxygens (including phenoxy) is 2. The van der Waals surface area contributed by atoms with Gasteiger partial charge in [0.25, 0.3) is 0 Å². The lowest BCUT2D eigenvalue weighted by molar-refractivity contribution is -0.117. The van der Waals surface area contributed by atoms with Crippen molar-refractivity contribution in [1.29, 1.82) is 0 Å². The second-order valence-electron chi connectivity index (χ2n) is 7.56. The molecule has 1 amide bonds. The average Bonchev–Trinajstić information content (AvgIpc) is 3.52. The van der Waals surface area contributed by atoms with Crippen LogP contribution in [0.4, 0.5) is 5.69 Å². The molecular formula is C23H22N4O4. The number of methoxy groups -OCH3 is 2. The smallest absolute Gasteiger partial charge is 0.231 e. The van der Waals surface area contributed by atoms with E-state index in [0.29, 0.717) is 42.6 Å². The highest BCUT2D eigenvalue weighted by molar-refractivity contribution is 5.96. The third-order valence-corrected chi connectivity index (χ3v) is 5.64. The Morgan fingerprint density at radius 1 is 1.16 bits per heavy atom. The van der Waals surface area contributed by atoms with Crippen LogP contribution in [-0.2, 0) is 11.2 Å². The van der Waals surface area contributed by atoms with Crippen LogP contribution in [0.1, 0.15) is 29.6 Å². The van der Waals surface area contributed by atoms with Crippen LogP contribution in [0.15, 0.2) is 53.2 Å². The van der Waals surface area contributed by atoms with Gasteiger partial charge < -0.3 is 23.9 Å². The number of carbonyl (C=O) groups excluding carboxylic acids is 1. The van der Waals surface area contributed by atoms with Gasteiger partial charge in [-0.1, -0.05) is 23.4 Å². The molecule has 2 aromatic heterocycles. The van der Waals surface area contributed by atoms with E-state index in [-0.39, 0.29) is 11.8 Å². The number of hydrogen-bond acceptors (Lipinski definition) is 6. The van der Waals surface area contributed by atoms with E-state index in [1.807, 2.05) is 36.5 Å². The number of anilines is 1. The number of aromatic nitrogens is 3. The van der Waals surface area contributed by atoms with Crippen molar-refractivity contribution in [3.8, 4) is 11.5 Å². The SMILES string of the molecule is COc1cc(OC)cc(N2CC(c3noc(Cc4c[nH]c5ccccc45)n3)CC2=O)c1. The predicted molar refractivity (Wildman–Crippen MR) is 115 cm³/mol. The summed E-state index contributed by atoms with van der Waals surface area (Å²) in [5, 5.41) is 5.30. The summed E-state index contributed by atoms with van der Waals surface area (Å²) >= 11 is 0. The van der Waals surface area contributed by atoms with Crippen LogP contribution >= 0.6 is 0 Å². The fourth-order valence-corrected chi connectivity index (χ4v) is 4.02. The fourth-order valence-electron chi connectivity index (χ4n) is 4.02. The average molecular weight is 418 g/mol. The summed E-state index contributed by atoms with van der Waals surface area (Å²) in [4.78, 5) is 22.3. The zero-order valence-electron chi connectivity index (χ0n) is 17.3. The van der Waals surface area contributed by atoms with E-state index < -0.39 is 0 Å². The first kappa shape index (κ1) is 19.2. The Morgan fingerprint density at radius 2 is 1.94 bits per heavy atom. The highest BCUT2D eigenvalue weighted by atomic mass is 16.5. The van der Waals surface area contributed by atoms with Gasteiger partial charge in [0, 0.05) is 54.2 Å². The van der Waals surface area contributed by atoms with Gasteiger partial charge in [-0.25, -0.2) is 0 Å². The number of aromatic amines is 1. The number of nitrogens with one attached hydrogen (secondary N) is 1. The van der Waals surface area contributed by atoms with Crippen LogP contribution in [0.2, 0.25) is 0 Å². The van der Waals surface area contributed by atoms with E-state index in [0.717, 1.165) is 22.2 Å². The van der Waals surface area contributed by atoms with E-state index in [4.69, 9.17) is 14.0 Å². The second-order valence-corrected chi connectivity index (χ2v) is 7.56. The van der Waals surface area contributed by atoms with Gasteiger partial charge in [-0.05, 0) is 11.6 Å². The van der Waals surface area contributed by atoms with Gasteiger partial charge >= 0.3 is 0 Å². The zero-order valence-corrected chi connectivity index (χ0v) is 17.3. The molecule has 0 spiro atoms. The number of benzene rings is 2. The van der Waals surface area contributed by atoms with Crippen molar-refractivity contribution in [2.75, 3.05) is 25.7 Å². The molecule has 0 radical (unpaired) electrons. The number of rotatable bonds is 6. The molecule has 0 aliphatic carbocycles. The minimum Gasteiger partial charge on any atom is -0.497 e. The van der Waals surface area contributed by atoms with E-state index in [2.05, 4.69) is 21.2 Å². The molecule has 0 bridgehead atoms. The maximum absolute atomic E-state index is 12.7. The van der Waals surface area contributed by atoms with Crippen molar-refractivity contribution in [1.82, 2.24) is 15.1 Å². The molecule has 4 aromatic rings. The summed E-state index contributed by atoms with van der Waals surface area (Å²) in [5.74, 6) is 2.22. The predicted octanol–water partition coefficient (Wildman–Crippen LogP) is 3.68. The van der Waals surface area contributed by atoms with Crippen LogP contribution in [0, 0.1) is 0 Å². The van der Waals surface area contributed by atoms with E-state index in [1.54, 1.807) is 25.2 Å². The van der Waals surface area contributed by atoms with E-state index in [1.165, 1.54) is 0 Å². The highest BCUT2D eigenvalue weighted by Gasteiger charge is 2.35. The highest BCUT2D eigenvalue weighted by Crippen LogP contribution is 2.35. The Kier molecular flexibility index (Phi) is 4.82. The van der Waals surface area contributed by atoms with Crippen molar-refractivity contribution in [2.24, 2.45) is 0 Å². The number of fused-ring (bicyclic) bond motifs is 1. The molecule has 5 rings (SSSR count). The third kappa shape index (κ3) is 3.61. The van der Waals surface area contributed by atoms with Crippen molar-refractivity contribution in [3.63, 3.8) is 0 Å². The third-order valence-electron chi connectivity index (χ3n) is 5.64. The lowest BCUT2D eigenvalue weighted by Gasteiger charge is -2.18. The van der Waals surface area contributed by atoms with Gasteiger partial charge in [0.1, 0.15) is 11.5 Å². The Bertz CT molecular complexity index is 1220. The molecule has 1 atom stereocenters. The Morgan fingerprint density at radius 3 is 2.71 bits per heavy atom. The number of hydrogen-bond donors (Lipinski definition) is 1. The molecule has 1 aliphatic rings. The molecule has 1 unspecified atom stereocenters. The Balaban J connectivity index is 1.34. The number of para-hydroxylation sites is 1. The first-order valence-corrected chi connectivity index (χ1v) is 10.1. The van der Waals surface area contributed by atoms with Gasteiger partial charge in [-0.15, -0.1) is 0 Å². The van der Waals surface area contributed by atoms with Crippen molar-refractivity contribution in [2.45, 2.75) is 18.8 Å². The van der Waals surface area contributed by atoms with Gasteiger partial charge in [-0.2, -0.15) is 4.98 Å². The molecule has 0 saturated carbocycles. The normalized spacial score (nSPS) is 16.3. The number of amides is 1. The number of nitrogens with zero attached hydrogens (tertiary/aromatic N) is 3. The van der Waals surface area contributed by atoms with Crippen LogP contribution in [0.3, 0.4) is 0 Å². The monoisotopic (exact) mass is 418 g/mol. The molecule has 1 fully saturated rings. The van der Waals surface area contributed by atoms with Gasteiger partial charge in [0.05, 0.1) is 26.3 Å². The molecule has 8 nitrogen and oxygen atoms in total. The molecule has 1 aliphatic heterocycles. The molecule has 2 aromatic carbocycles. The first-order chi connectivity index (χ1) is 15.1. The minimum atomic E-state index is -0.134. The Labute approximate surface area is 178 Å². The number of carbonyl (C=O) groups is 1. The maximum Gasteiger partial charge on any atom is 0.231 e. The summed E-state index contributed by atoms with van der Waals surface area (Å²) in [7, 11) is 3.17. The quantitative estimate of drug-likeness (QED) is 0.513. The van der Waals surface area contributed by atoms with Crippen LogP contribution in [0.5, 0.6) is 11.5 Å². The molecular weight excluding hydrogens is 396 g/mol. The summed E-state index contributed by atoms with van der Waals surface area (Å²) in [6, 6.07) is 13.5. The summed E-state index contributed by atoms with van der Waals surface area (Å²) in [5.41, 5.74) is 2.90. The second kappa shape index (κ2) is 7.79. The minimum absolute atomic E-state index is 0.00304. The Hall–Kier alpha value is -3.81. The maximum atomic E-state index is 12.7. The van der Waals surface area contributed by atoms with Crippen molar-refractivity contribution in [3.05, 3.63) is 65.9 Å². The van der Waals surface area contributed by atoms with E-state index >= 15 is 0 Å². The van der Waals surface area contributed by atoms with Gasteiger partial charge in [0.15, 0.2) is 5.82 Å². The number of H-pyrrole nitrogens is 1. The molecule has 31 heavy (non-hydrogen) atoms. The van der Waals surface area contributed by atoms with Crippen LogP contribution in [0.25, 0.3) is 10.9 Å². The lowest BCUT2D eigenvalue weighted by Crippen LogP contribution is -2.24. The van der Waals surface area contributed by atoms with Crippen molar-refractivity contribution >= 4 is 22.5 Å². The first-order valence-electron chi connectivity index (χ1n) is 10.1. The largest absolute Gasteiger partial charge is 0.497 e. The van der Waals surface area contributed by atoms with Crippen LogP contribution in [-0.4, -0.2) is 41.8 Å². The topological polar surface area (TPSA) is 93.5 Å².